The SMILES string of the molecule is COc1ccc(CN2C(=O)[C@@H]3CC(=O)[C@H]2C3)cc1. The number of Topliss-reactive ketones (excluding diaryl/α,β-unsaturated/α-hetero) is 1. The minimum Gasteiger partial charge on any atom is -0.497 e. The van der Waals surface area contributed by atoms with Gasteiger partial charge in [0.25, 0.3) is 0 Å². The molecule has 2 bridgehead atoms. The van der Waals surface area contributed by atoms with Gasteiger partial charge >= 0.3 is 0 Å². The Morgan fingerprint density at radius 2 is 2.00 bits per heavy atom. The number of benzene rings is 1. The predicted octanol–water partition coefficient (Wildman–Crippen LogP) is 1.39. The summed E-state index contributed by atoms with van der Waals surface area (Å²) in [6, 6.07) is 7.43. The van der Waals surface area contributed by atoms with Gasteiger partial charge in [-0.15, -0.1) is 0 Å². The van der Waals surface area contributed by atoms with E-state index in [-0.39, 0.29) is 23.7 Å². The van der Waals surface area contributed by atoms with Crippen LogP contribution in [0.1, 0.15) is 18.4 Å². The van der Waals surface area contributed by atoms with E-state index in [1.54, 1.807) is 12.0 Å². The van der Waals surface area contributed by atoms with Crippen molar-refractivity contribution in [1.82, 2.24) is 4.90 Å². The molecule has 1 aromatic rings. The highest BCUT2D eigenvalue weighted by Gasteiger charge is 2.49. The van der Waals surface area contributed by atoms with E-state index in [2.05, 4.69) is 0 Å². The molecule has 0 spiro atoms. The number of carbonyl (C=O) groups excluding carboxylic acids is 2. The zero-order chi connectivity index (χ0) is 12.7. The average molecular weight is 245 g/mol. The highest BCUT2D eigenvalue weighted by molar-refractivity contribution is 6.00. The van der Waals surface area contributed by atoms with Crippen LogP contribution < -0.4 is 4.74 Å². The Labute approximate surface area is 106 Å². The first-order valence-corrected chi connectivity index (χ1v) is 6.15. The van der Waals surface area contributed by atoms with Crippen LogP contribution in [-0.2, 0) is 16.1 Å². The average Bonchev–Trinajstić information content (AvgIpc) is 2.89. The number of carbonyl (C=O) groups is 2. The van der Waals surface area contributed by atoms with E-state index in [1.165, 1.54) is 0 Å². The molecule has 0 N–H and O–H groups in total. The summed E-state index contributed by atoms with van der Waals surface area (Å²) in [5, 5.41) is 0. The number of likely N-dealkylation sites (tertiary alicyclic amines) is 1. The number of hydrogen-bond acceptors (Lipinski definition) is 3. The molecule has 0 aromatic heterocycles. The lowest BCUT2D eigenvalue weighted by Crippen LogP contribution is -2.41. The molecule has 2 fully saturated rings. The number of ketones is 1. The minimum atomic E-state index is -0.176. The van der Waals surface area contributed by atoms with Crippen molar-refractivity contribution < 1.29 is 14.3 Å². The van der Waals surface area contributed by atoms with E-state index in [1.807, 2.05) is 24.3 Å². The van der Waals surface area contributed by atoms with Crippen molar-refractivity contribution in [3.63, 3.8) is 0 Å². The molecule has 1 aliphatic heterocycles. The van der Waals surface area contributed by atoms with Crippen molar-refractivity contribution in [2.24, 2.45) is 5.92 Å². The van der Waals surface area contributed by atoms with Gasteiger partial charge in [-0.2, -0.15) is 0 Å². The van der Waals surface area contributed by atoms with Crippen molar-refractivity contribution >= 4 is 11.7 Å². The molecule has 1 amide bonds. The highest BCUT2D eigenvalue weighted by atomic mass is 16.5. The Hall–Kier alpha value is -1.84. The molecule has 2 atom stereocenters. The van der Waals surface area contributed by atoms with Crippen molar-refractivity contribution in [2.75, 3.05) is 7.11 Å². The van der Waals surface area contributed by atoms with Gasteiger partial charge in [-0.1, -0.05) is 12.1 Å². The lowest BCUT2D eigenvalue weighted by molar-refractivity contribution is -0.141. The summed E-state index contributed by atoms with van der Waals surface area (Å²) in [6.07, 6.45) is 1.16. The van der Waals surface area contributed by atoms with Crippen LogP contribution in [0.5, 0.6) is 5.75 Å². The van der Waals surface area contributed by atoms with E-state index in [9.17, 15) is 9.59 Å². The molecule has 2 aliphatic rings. The molecule has 18 heavy (non-hydrogen) atoms. The van der Waals surface area contributed by atoms with Crippen LogP contribution in [-0.4, -0.2) is 29.7 Å². The fraction of sp³-hybridized carbons (Fsp3) is 0.429. The monoisotopic (exact) mass is 245 g/mol. The number of nitrogens with zero attached hydrogens (tertiary/aromatic N) is 1. The van der Waals surface area contributed by atoms with Gasteiger partial charge in [0.15, 0.2) is 5.78 Å². The van der Waals surface area contributed by atoms with Crippen LogP contribution in [0.3, 0.4) is 0 Å². The third-order valence-electron chi connectivity index (χ3n) is 3.85. The smallest absolute Gasteiger partial charge is 0.227 e. The summed E-state index contributed by atoms with van der Waals surface area (Å²) in [5.41, 5.74) is 1.03. The van der Waals surface area contributed by atoms with Crippen LogP contribution >= 0.6 is 0 Å². The zero-order valence-electron chi connectivity index (χ0n) is 10.3. The Balaban J connectivity index is 1.76. The molecule has 1 aliphatic carbocycles. The number of rotatable bonds is 3. The molecule has 0 unspecified atom stereocenters. The van der Waals surface area contributed by atoms with Crippen molar-refractivity contribution in [2.45, 2.75) is 25.4 Å². The van der Waals surface area contributed by atoms with E-state index in [0.29, 0.717) is 19.4 Å². The third kappa shape index (κ3) is 1.68. The van der Waals surface area contributed by atoms with Crippen LogP contribution in [0, 0.1) is 5.92 Å². The summed E-state index contributed by atoms with van der Waals surface area (Å²) in [7, 11) is 1.62. The summed E-state index contributed by atoms with van der Waals surface area (Å²) in [6.45, 7) is 0.524. The van der Waals surface area contributed by atoms with Gasteiger partial charge in [-0.3, -0.25) is 9.59 Å². The van der Waals surface area contributed by atoms with E-state index in [4.69, 9.17) is 4.74 Å². The summed E-state index contributed by atoms with van der Waals surface area (Å²) >= 11 is 0. The Bertz CT molecular complexity index is 494. The summed E-state index contributed by atoms with van der Waals surface area (Å²) < 4.78 is 5.09. The Morgan fingerprint density at radius 3 is 2.61 bits per heavy atom. The molecular formula is C14H15NO3. The van der Waals surface area contributed by atoms with Gasteiger partial charge in [0, 0.05) is 18.9 Å². The van der Waals surface area contributed by atoms with Gasteiger partial charge in [0.05, 0.1) is 13.2 Å². The normalized spacial score (nSPS) is 25.9. The summed E-state index contributed by atoms with van der Waals surface area (Å²) in [5.74, 6) is 1.09. The first-order valence-electron chi connectivity index (χ1n) is 6.15. The molecule has 1 saturated carbocycles. The van der Waals surface area contributed by atoms with E-state index >= 15 is 0 Å². The number of piperidine rings is 1. The van der Waals surface area contributed by atoms with Gasteiger partial charge in [-0.25, -0.2) is 0 Å². The third-order valence-corrected chi connectivity index (χ3v) is 3.85. The number of amides is 1. The molecule has 4 heteroatoms. The van der Waals surface area contributed by atoms with Crippen LogP contribution in [0.15, 0.2) is 24.3 Å². The van der Waals surface area contributed by atoms with Crippen LogP contribution in [0.2, 0.25) is 0 Å². The molecule has 4 nitrogen and oxygen atoms in total. The van der Waals surface area contributed by atoms with Gasteiger partial charge in [0.2, 0.25) is 5.91 Å². The van der Waals surface area contributed by atoms with Crippen molar-refractivity contribution in [3.05, 3.63) is 29.8 Å². The number of methoxy groups -OCH3 is 1. The Morgan fingerprint density at radius 1 is 1.28 bits per heavy atom. The maximum Gasteiger partial charge on any atom is 0.227 e. The second-order valence-corrected chi connectivity index (χ2v) is 4.93. The topological polar surface area (TPSA) is 46.6 Å². The molecule has 0 radical (unpaired) electrons. The first kappa shape index (κ1) is 11.3. The molecular weight excluding hydrogens is 230 g/mol. The fourth-order valence-corrected chi connectivity index (χ4v) is 2.86. The van der Waals surface area contributed by atoms with Gasteiger partial charge in [0.1, 0.15) is 5.75 Å². The maximum atomic E-state index is 12.0. The fourth-order valence-electron chi connectivity index (χ4n) is 2.86. The van der Waals surface area contributed by atoms with Crippen LogP contribution in [0.25, 0.3) is 0 Å². The second kappa shape index (κ2) is 4.12. The predicted molar refractivity (Wildman–Crippen MR) is 65.1 cm³/mol. The van der Waals surface area contributed by atoms with Gasteiger partial charge < -0.3 is 9.64 Å². The quantitative estimate of drug-likeness (QED) is 0.808. The molecule has 1 heterocycles. The molecule has 1 aromatic carbocycles. The van der Waals surface area contributed by atoms with Crippen molar-refractivity contribution in [1.29, 1.82) is 0 Å². The standard InChI is InChI=1S/C14H15NO3/c1-18-11-4-2-9(3-5-11)8-15-12-6-10(14(15)17)7-13(12)16/h2-5,10,12H,6-8H2,1H3/t10-,12+/m0/s1. The lowest BCUT2D eigenvalue weighted by atomic mass is 10.1. The van der Waals surface area contributed by atoms with Crippen molar-refractivity contribution in [3.8, 4) is 5.75 Å². The number of ether oxygens (including phenoxy) is 1. The van der Waals surface area contributed by atoms with Gasteiger partial charge in [-0.05, 0) is 24.1 Å². The largest absolute Gasteiger partial charge is 0.497 e. The number of fused-ring (bicyclic) bond motifs is 2. The molecule has 94 valence electrons. The molecule has 3 rings (SSSR count). The second-order valence-electron chi connectivity index (χ2n) is 4.93. The van der Waals surface area contributed by atoms with E-state index < -0.39 is 0 Å². The lowest BCUT2D eigenvalue weighted by Gasteiger charge is -2.26. The summed E-state index contributed by atoms with van der Waals surface area (Å²) in [4.78, 5) is 25.4. The Kier molecular flexibility index (Phi) is 2.58. The zero-order valence-corrected chi connectivity index (χ0v) is 10.3. The molecule has 1 saturated heterocycles. The number of hydrogen-bond donors (Lipinski definition) is 0. The first-order chi connectivity index (χ1) is 8.69. The minimum absolute atomic E-state index is 0.0549. The highest BCUT2D eigenvalue weighted by Crippen LogP contribution is 2.37. The van der Waals surface area contributed by atoms with Crippen LogP contribution in [0.4, 0.5) is 0 Å². The maximum absolute atomic E-state index is 12.0. The van der Waals surface area contributed by atoms with E-state index in [0.717, 1.165) is 11.3 Å².